The van der Waals surface area contributed by atoms with Crippen LogP contribution in [0.15, 0.2) is 18.2 Å². The van der Waals surface area contributed by atoms with E-state index in [1.165, 1.54) is 12.1 Å². The van der Waals surface area contributed by atoms with Gasteiger partial charge < -0.3 is 9.47 Å². The van der Waals surface area contributed by atoms with E-state index in [0.29, 0.717) is 25.2 Å². The Kier molecular flexibility index (Phi) is 11.2. The first-order valence-corrected chi connectivity index (χ1v) is 8.93. The van der Waals surface area contributed by atoms with Crippen LogP contribution < -0.4 is 4.74 Å². The van der Waals surface area contributed by atoms with Crippen molar-refractivity contribution >= 4 is 11.7 Å². The maximum absolute atomic E-state index is 11.4. The molecule has 0 spiro atoms. The number of carbonyl (C=O) groups is 1. The predicted octanol–water partition coefficient (Wildman–Crippen LogP) is 4.93. The van der Waals surface area contributed by atoms with Crippen molar-refractivity contribution in [1.29, 1.82) is 0 Å². The van der Waals surface area contributed by atoms with Crippen LogP contribution in [0.1, 0.15) is 59.9 Å². The molecule has 1 aliphatic rings. The van der Waals surface area contributed by atoms with E-state index in [1.54, 1.807) is 13.0 Å². The molecule has 1 aliphatic heterocycles. The minimum Gasteiger partial charge on any atom is -0.490 e. The molecule has 0 fully saturated rings. The van der Waals surface area contributed by atoms with E-state index in [2.05, 4.69) is 20.8 Å². The van der Waals surface area contributed by atoms with E-state index < -0.39 is 4.92 Å². The number of hydrogen-bond acceptors (Lipinski definition) is 5. The third kappa shape index (κ3) is 9.08. The molecule has 0 saturated heterocycles. The number of esters is 1. The second kappa shape index (κ2) is 12.3. The fourth-order valence-electron chi connectivity index (χ4n) is 2.09. The summed E-state index contributed by atoms with van der Waals surface area (Å²) < 4.78 is 10.5. The van der Waals surface area contributed by atoms with Gasteiger partial charge in [-0.1, -0.05) is 34.6 Å². The fourth-order valence-corrected chi connectivity index (χ4v) is 2.09. The van der Waals surface area contributed by atoms with Crippen molar-refractivity contribution in [2.75, 3.05) is 6.61 Å². The predicted molar refractivity (Wildman–Crippen MR) is 98.9 cm³/mol. The van der Waals surface area contributed by atoms with Crippen molar-refractivity contribution in [3.8, 4) is 5.75 Å². The number of aryl methyl sites for hydroxylation is 1. The number of nitro benzene ring substituents is 1. The summed E-state index contributed by atoms with van der Waals surface area (Å²) in [6.45, 7) is 12.6. The molecule has 0 radical (unpaired) electrons. The second-order valence-electron chi connectivity index (χ2n) is 6.07. The Bertz CT molecular complexity index is 540. The van der Waals surface area contributed by atoms with Gasteiger partial charge in [-0.15, -0.1) is 0 Å². The SMILES string of the molecule is CC.CC(C)C.CCOC(=O)CC1CCc2cc([N+](=O)[O-])ccc2O1. The van der Waals surface area contributed by atoms with E-state index >= 15 is 0 Å². The summed E-state index contributed by atoms with van der Waals surface area (Å²) in [6, 6.07) is 4.52. The molecule has 142 valence electrons. The Morgan fingerprint density at radius 1 is 1.36 bits per heavy atom. The van der Waals surface area contributed by atoms with Gasteiger partial charge in [-0.05, 0) is 31.7 Å². The summed E-state index contributed by atoms with van der Waals surface area (Å²) in [7, 11) is 0. The molecular weight excluding hydrogens is 322 g/mol. The van der Waals surface area contributed by atoms with Gasteiger partial charge in [-0.3, -0.25) is 14.9 Å². The summed E-state index contributed by atoms with van der Waals surface area (Å²) in [6.07, 6.45) is 1.33. The van der Waals surface area contributed by atoms with Crippen LogP contribution >= 0.6 is 0 Å². The van der Waals surface area contributed by atoms with Crippen LogP contribution in [0, 0.1) is 16.0 Å². The molecule has 25 heavy (non-hydrogen) atoms. The average molecular weight is 353 g/mol. The summed E-state index contributed by atoms with van der Waals surface area (Å²) >= 11 is 0. The molecule has 0 aliphatic carbocycles. The largest absolute Gasteiger partial charge is 0.490 e. The van der Waals surface area contributed by atoms with Crippen molar-refractivity contribution in [3.05, 3.63) is 33.9 Å². The molecule has 1 heterocycles. The van der Waals surface area contributed by atoms with Crippen LogP contribution in [0.2, 0.25) is 0 Å². The van der Waals surface area contributed by atoms with E-state index in [0.717, 1.165) is 11.5 Å². The number of hydrogen-bond donors (Lipinski definition) is 0. The third-order valence-corrected chi connectivity index (χ3v) is 2.98. The number of rotatable bonds is 4. The van der Waals surface area contributed by atoms with E-state index in [4.69, 9.17) is 9.47 Å². The molecule has 1 unspecified atom stereocenters. The first kappa shape index (κ1) is 22.9. The summed E-state index contributed by atoms with van der Waals surface area (Å²) in [4.78, 5) is 21.6. The Balaban J connectivity index is 0.000000845. The van der Waals surface area contributed by atoms with Crippen molar-refractivity contribution < 1.29 is 19.2 Å². The Labute approximate surface area is 150 Å². The lowest BCUT2D eigenvalue weighted by molar-refractivity contribution is -0.385. The molecule has 1 atom stereocenters. The maximum atomic E-state index is 11.4. The van der Waals surface area contributed by atoms with Crippen molar-refractivity contribution in [3.63, 3.8) is 0 Å². The van der Waals surface area contributed by atoms with Gasteiger partial charge in [0.05, 0.1) is 18.0 Å². The van der Waals surface area contributed by atoms with Gasteiger partial charge in [0.2, 0.25) is 0 Å². The Morgan fingerprint density at radius 3 is 2.48 bits per heavy atom. The minimum absolute atomic E-state index is 0.0613. The molecule has 0 aromatic heterocycles. The quantitative estimate of drug-likeness (QED) is 0.435. The molecule has 1 aromatic rings. The lowest BCUT2D eigenvalue weighted by Crippen LogP contribution is -2.26. The highest BCUT2D eigenvalue weighted by atomic mass is 16.6. The normalized spacial score (nSPS) is 14.8. The maximum Gasteiger partial charge on any atom is 0.309 e. The third-order valence-electron chi connectivity index (χ3n) is 2.98. The van der Waals surface area contributed by atoms with Crippen molar-refractivity contribution in [2.24, 2.45) is 5.92 Å². The molecule has 0 bridgehead atoms. The van der Waals surface area contributed by atoms with Gasteiger partial charge in [-0.2, -0.15) is 0 Å². The minimum atomic E-state index is -0.426. The first-order valence-electron chi connectivity index (χ1n) is 8.93. The first-order chi connectivity index (χ1) is 11.8. The molecule has 2 rings (SSSR count). The van der Waals surface area contributed by atoms with Gasteiger partial charge in [0.15, 0.2) is 0 Å². The zero-order valence-electron chi connectivity index (χ0n) is 16.2. The number of ether oxygens (including phenoxy) is 2. The zero-order chi connectivity index (χ0) is 19.4. The highest BCUT2D eigenvalue weighted by Gasteiger charge is 2.24. The van der Waals surface area contributed by atoms with Gasteiger partial charge >= 0.3 is 5.97 Å². The topological polar surface area (TPSA) is 78.7 Å². The number of fused-ring (bicyclic) bond motifs is 1. The van der Waals surface area contributed by atoms with Crippen LogP contribution in [-0.4, -0.2) is 23.6 Å². The number of benzene rings is 1. The van der Waals surface area contributed by atoms with Crippen LogP contribution in [-0.2, 0) is 16.0 Å². The average Bonchev–Trinajstić information content (AvgIpc) is 2.55. The fraction of sp³-hybridized carbons (Fsp3) is 0.632. The number of nitrogens with zero attached hydrogens (tertiary/aromatic N) is 1. The van der Waals surface area contributed by atoms with Crippen molar-refractivity contribution in [1.82, 2.24) is 0 Å². The highest BCUT2D eigenvalue weighted by molar-refractivity contribution is 5.70. The molecule has 6 heteroatoms. The van der Waals surface area contributed by atoms with Crippen LogP contribution in [0.4, 0.5) is 5.69 Å². The molecular formula is C19H31NO5. The monoisotopic (exact) mass is 353 g/mol. The van der Waals surface area contributed by atoms with E-state index in [9.17, 15) is 14.9 Å². The molecule has 1 aromatic carbocycles. The smallest absolute Gasteiger partial charge is 0.309 e. The summed E-state index contributed by atoms with van der Waals surface area (Å²) in [5.41, 5.74) is 0.875. The van der Waals surface area contributed by atoms with Gasteiger partial charge in [0.1, 0.15) is 11.9 Å². The zero-order valence-corrected chi connectivity index (χ0v) is 16.2. The molecule has 0 N–H and O–H groups in total. The summed E-state index contributed by atoms with van der Waals surface area (Å²) in [5, 5.41) is 10.7. The second-order valence-corrected chi connectivity index (χ2v) is 6.07. The van der Waals surface area contributed by atoms with E-state index in [1.807, 2.05) is 13.8 Å². The highest BCUT2D eigenvalue weighted by Crippen LogP contribution is 2.31. The Hall–Kier alpha value is -2.11. The van der Waals surface area contributed by atoms with Crippen molar-refractivity contribution in [2.45, 2.75) is 66.9 Å². The Morgan fingerprint density at radius 2 is 1.96 bits per heavy atom. The van der Waals surface area contributed by atoms with Gasteiger partial charge in [-0.25, -0.2) is 0 Å². The lowest BCUT2D eigenvalue weighted by atomic mass is 10.00. The van der Waals surface area contributed by atoms with Crippen LogP contribution in [0.3, 0.4) is 0 Å². The summed E-state index contributed by atoms with van der Waals surface area (Å²) in [5.74, 6) is 1.17. The number of carbonyl (C=O) groups excluding carboxylic acids is 1. The van der Waals surface area contributed by atoms with E-state index in [-0.39, 0.29) is 24.2 Å². The van der Waals surface area contributed by atoms with Crippen LogP contribution in [0.25, 0.3) is 0 Å². The van der Waals surface area contributed by atoms with Crippen LogP contribution in [0.5, 0.6) is 5.75 Å². The van der Waals surface area contributed by atoms with Gasteiger partial charge in [0, 0.05) is 17.7 Å². The van der Waals surface area contributed by atoms with Gasteiger partial charge in [0.25, 0.3) is 5.69 Å². The molecule has 0 amide bonds. The number of nitro groups is 1. The standard InChI is InChI=1S/C13H15NO5.C4H10.C2H6/c1-2-18-13(15)8-11-5-3-9-7-10(14(16)17)4-6-12(9)19-11;1-4(2)3;1-2/h4,6-7,11H,2-3,5,8H2,1H3;4H,1-3H3;1-2H3. The number of non-ortho nitro benzene ring substituents is 1. The molecule has 0 saturated carbocycles. The lowest BCUT2D eigenvalue weighted by Gasteiger charge is -2.25. The molecule has 6 nitrogen and oxygen atoms in total.